The summed E-state index contributed by atoms with van der Waals surface area (Å²) in [5, 5.41) is 0. The lowest BCUT2D eigenvalue weighted by atomic mass is 9.80. The third-order valence-electron chi connectivity index (χ3n) is 8.12. The van der Waals surface area contributed by atoms with E-state index >= 15 is 0 Å². The van der Waals surface area contributed by atoms with E-state index in [1.165, 1.54) is 0 Å². The summed E-state index contributed by atoms with van der Waals surface area (Å²) < 4.78 is 32.2. The number of benzene rings is 4. The van der Waals surface area contributed by atoms with E-state index < -0.39 is 20.4 Å². The van der Waals surface area contributed by atoms with E-state index in [-0.39, 0.29) is 10.8 Å². The van der Waals surface area contributed by atoms with Crippen molar-refractivity contribution in [3.63, 3.8) is 0 Å². The highest BCUT2D eigenvalue weighted by Crippen LogP contribution is 2.52. The first kappa shape index (κ1) is 38.8. The standard InChI is InChI=1S/C43H55O6P/c1-26-16-18-36(30(5)20-26)47-50(48-37-19-17-27(2)21-31(37)6)49-39-33(23-29(4)25-35(39)42(10,11)12)32-22-28(3)24-34(41(7,8)9)38(32)45-40(44)46-43(13,14)15/h16-25H,1-15H3. The highest BCUT2D eigenvalue weighted by Gasteiger charge is 2.33. The Morgan fingerprint density at radius 3 is 1.34 bits per heavy atom. The molecule has 0 saturated heterocycles. The van der Waals surface area contributed by atoms with Crippen molar-refractivity contribution >= 4 is 14.8 Å². The molecule has 0 unspecified atom stereocenters. The molecule has 7 heteroatoms. The maximum atomic E-state index is 13.3. The van der Waals surface area contributed by atoms with Crippen LogP contribution in [0.3, 0.4) is 0 Å². The van der Waals surface area contributed by atoms with Crippen LogP contribution in [-0.2, 0) is 15.6 Å². The Bertz CT molecular complexity index is 1820. The molecule has 0 N–H and O–H groups in total. The van der Waals surface area contributed by atoms with Crippen LogP contribution in [0.5, 0.6) is 23.0 Å². The minimum absolute atomic E-state index is 0.334. The van der Waals surface area contributed by atoms with Crippen LogP contribution in [0.1, 0.15) is 107 Å². The smallest absolute Gasteiger partial charge is 0.428 e. The van der Waals surface area contributed by atoms with Crippen LogP contribution in [-0.4, -0.2) is 11.8 Å². The van der Waals surface area contributed by atoms with Gasteiger partial charge in [-0.15, -0.1) is 0 Å². The Hall–Kier alpha value is -4.02. The van der Waals surface area contributed by atoms with Gasteiger partial charge in [0.05, 0.1) is 0 Å². The molecule has 0 saturated carbocycles. The van der Waals surface area contributed by atoms with Gasteiger partial charge in [0, 0.05) is 22.3 Å². The zero-order chi connectivity index (χ0) is 37.3. The zero-order valence-corrected chi connectivity index (χ0v) is 33.6. The van der Waals surface area contributed by atoms with Crippen LogP contribution in [0.15, 0.2) is 60.7 Å². The molecule has 0 aliphatic heterocycles. The summed E-state index contributed by atoms with van der Waals surface area (Å²) >= 11 is 0. The Labute approximate surface area is 301 Å². The van der Waals surface area contributed by atoms with Crippen LogP contribution in [0.25, 0.3) is 11.1 Å². The first-order valence-electron chi connectivity index (χ1n) is 17.2. The molecule has 0 fully saturated rings. The fourth-order valence-corrected chi connectivity index (χ4v) is 6.91. The molecular formula is C43H55O6P. The second-order valence-electron chi connectivity index (χ2n) is 16.5. The average Bonchev–Trinajstić information content (AvgIpc) is 2.95. The lowest BCUT2D eigenvalue weighted by Crippen LogP contribution is -2.27. The lowest BCUT2D eigenvalue weighted by Gasteiger charge is -2.30. The molecule has 0 aliphatic rings. The fourth-order valence-electron chi connectivity index (χ4n) is 5.72. The quantitative estimate of drug-likeness (QED) is 0.104. The van der Waals surface area contributed by atoms with E-state index in [2.05, 4.69) is 99.6 Å². The van der Waals surface area contributed by atoms with Crippen molar-refractivity contribution in [1.82, 2.24) is 0 Å². The fraction of sp³-hybridized carbons (Fsp3) is 0.419. The number of carbonyl (C=O) groups excluding carboxylic acids is 1. The molecule has 268 valence electrons. The largest absolute Gasteiger partial charge is 0.530 e. The maximum absolute atomic E-state index is 13.3. The number of carbonyl (C=O) groups is 1. The van der Waals surface area contributed by atoms with Gasteiger partial charge in [-0.2, -0.15) is 0 Å². The molecule has 4 rings (SSSR count). The number of hydrogen-bond acceptors (Lipinski definition) is 6. The SMILES string of the molecule is Cc1ccc(OP(Oc2ccc(C)cc2C)Oc2c(-c3cc(C)cc(C(C)(C)C)c3OC(=O)OC(C)(C)C)cc(C)cc2C(C)(C)C)c(C)c1. The van der Waals surface area contributed by atoms with Gasteiger partial charge in [-0.25, -0.2) is 4.79 Å². The van der Waals surface area contributed by atoms with Crippen molar-refractivity contribution in [2.24, 2.45) is 0 Å². The summed E-state index contributed by atoms with van der Waals surface area (Å²) in [6.07, 6.45) is -0.766. The van der Waals surface area contributed by atoms with E-state index in [1.807, 2.05) is 65.0 Å². The van der Waals surface area contributed by atoms with Crippen molar-refractivity contribution in [1.29, 1.82) is 0 Å². The Kier molecular flexibility index (Phi) is 11.4. The van der Waals surface area contributed by atoms with Gasteiger partial charge in [0.1, 0.15) is 28.6 Å². The van der Waals surface area contributed by atoms with E-state index in [4.69, 9.17) is 23.0 Å². The average molecular weight is 699 g/mol. The van der Waals surface area contributed by atoms with E-state index in [1.54, 1.807) is 0 Å². The van der Waals surface area contributed by atoms with Gasteiger partial charge in [0.25, 0.3) is 0 Å². The molecule has 0 aromatic heterocycles. The highest BCUT2D eigenvalue weighted by atomic mass is 31.2. The first-order chi connectivity index (χ1) is 23.0. The predicted octanol–water partition coefficient (Wildman–Crippen LogP) is 12.9. The van der Waals surface area contributed by atoms with Gasteiger partial charge >= 0.3 is 14.8 Å². The van der Waals surface area contributed by atoms with Crippen LogP contribution in [0.4, 0.5) is 4.79 Å². The zero-order valence-electron chi connectivity index (χ0n) is 32.7. The van der Waals surface area contributed by atoms with Gasteiger partial charge in [-0.05, 0) is 120 Å². The Morgan fingerprint density at radius 1 is 0.520 bits per heavy atom. The third-order valence-corrected chi connectivity index (χ3v) is 9.14. The van der Waals surface area contributed by atoms with Crippen molar-refractivity contribution in [3.05, 3.63) is 105 Å². The highest BCUT2D eigenvalue weighted by molar-refractivity contribution is 7.43. The van der Waals surface area contributed by atoms with E-state index in [0.29, 0.717) is 23.0 Å². The van der Waals surface area contributed by atoms with Gasteiger partial charge in [-0.3, -0.25) is 0 Å². The second kappa shape index (κ2) is 14.7. The summed E-state index contributed by atoms with van der Waals surface area (Å²) in [7, 11) is -2.04. The van der Waals surface area contributed by atoms with Crippen LogP contribution >= 0.6 is 8.60 Å². The lowest BCUT2D eigenvalue weighted by molar-refractivity contribution is 0.0204. The Morgan fingerprint density at radius 2 is 0.940 bits per heavy atom. The Balaban J connectivity index is 2.01. The number of ether oxygens (including phenoxy) is 2. The predicted molar refractivity (Wildman–Crippen MR) is 206 cm³/mol. The molecule has 0 heterocycles. The molecule has 50 heavy (non-hydrogen) atoms. The van der Waals surface area contributed by atoms with E-state index in [9.17, 15) is 4.79 Å². The third kappa shape index (κ3) is 9.82. The number of rotatable bonds is 8. The normalized spacial score (nSPS) is 12.2. The summed E-state index contributed by atoms with van der Waals surface area (Å²) in [5.74, 6) is 2.39. The monoisotopic (exact) mass is 698 g/mol. The maximum Gasteiger partial charge on any atom is 0.530 e. The van der Waals surface area contributed by atoms with Crippen molar-refractivity contribution < 1.29 is 27.8 Å². The molecule has 6 nitrogen and oxygen atoms in total. The topological polar surface area (TPSA) is 63.2 Å². The molecule has 0 spiro atoms. The minimum atomic E-state index is -2.04. The molecule has 0 bridgehead atoms. The number of aryl methyl sites for hydroxylation is 6. The second-order valence-corrected chi connectivity index (χ2v) is 17.5. The minimum Gasteiger partial charge on any atom is -0.428 e. The van der Waals surface area contributed by atoms with E-state index in [0.717, 1.165) is 55.6 Å². The van der Waals surface area contributed by atoms with Crippen LogP contribution in [0.2, 0.25) is 0 Å². The van der Waals surface area contributed by atoms with Crippen molar-refractivity contribution in [2.75, 3.05) is 0 Å². The molecular weight excluding hydrogens is 643 g/mol. The van der Waals surface area contributed by atoms with Crippen LogP contribution < -0.4 is 18.3 Å². The summed E-state index contributed by atoms with van der Waals surface area (Å²) in [5.41, 5.74) is 8.20. The molecule has 4 aromatic rings. The summed E-state index contributed by atoms with van der Waals surface area (Å²) in [4.78, 5) is 13.3. The van der Waals surface area contributed by atoms with Crippen molar-refractivity contribution in [2.45, 2.75) is 120 Å². The molecule has 0 aliphatic carbocycles. The van der Waals surface area contributed by atoms with Gasteiger partial charge in [0.15, 0.2) is 0 Å². The molecule has 4 aromatic carbocycles. The number of hydrogen-bond donors (Lipinski definition) is 0. The van der Waals surface area contributed by atoms with Crippen molar-refractivity contribution in [3.8, 4) is 34.1 Å². The van der Waals surface area contributed by atoms with Gasteiger partial charge in [0.2, 0.25) is 0 Å². The van der Waals surface area contributed by atoms with Gasteiger partial charge in [-0.1, -0.05) is 89.1 Å². The first-order valence-corrected chi connectivity index (χ1v) is 18.3. The molecule has 0 radical (unpaired) electrons. The molecule has 0 atom stereocenters. The van der Waals surface area contributed by atoms with Gasteiger partial charge < -0.3 is 23.0 Å². The van der Waals surface area contributed by atoms with Crippen LogP contribution in [0, 0.1) is 41.5 Å². The summed E-state index contributed by atoms with van der Waals surface area (Å²) in [6.45, 7) is 30.5. The summed E-state index contributed by atoms with van der Waals surface area (Å²) in [6, 6.07) is 20.5. The molecule has 0 amide bonds.